The first-order valence-corrected chi connectivity index (χ1v) is 10.0. The molecular weight excluding hydrogens is 507 g/mol. The van der Waals surface area contributed by atoms with Crippen molar-refractivity contribution >= 4 is 35.8 Å². The van der Waals surface area contributed by atoms with E-state index in [1.54, 1.807) is 33.2 Å². The Morgan fingerprint density at radius 2 is 1.61 bits per heavy atom. The summed E-state index contributed by atoms with van der Waals surface area (Å²) >= 11 is 0. The molecule has 2 aromatic rings. The molecule has 8 heteroatoms. The molecule has 0 unspecified atom stereocenters. The first kappa shape index (κ1) is 26.5. The van der Waals surface area contributed by atoms with Gasteiger partial charge in [-0.3, -0.25) is 4.79 Å². The van der Waals surface area contributed by atoms with Gasteiger partial charge >= 0.3 is 0 Å². The molecule has 1 amide bonds. The van der Waals surface area contributed by atoms with Crippen molar-refractivity contribution in [1.29, 1.82) is 0 Å². The molecule has 0 fully saturated rings. The van der Waals surface area contributed by atoms with Gasteiger partial charge in [0.15, 0.2) is 17.5 Å². The van der Waals surface area contributed by atoms with Crippen molar-refractivity contribution in [3.8, 4) is 11.5 Å². The van der Waals surface area contributed by atoms with Crippen LogP contribution in [0.3, 0.4) is 0 Å². The minimum atomic E-state index is -0.00443. The number of aliphatic imine (C=N–C) groups is 1. The minimum Gasteiger partial charge on any atom is -0.493 e. The van der Waals surface area contributed by atoms with E-state index in [2.05, 4.69) is 15.6 Å². The Morgan fingerprint density at radius 3 is 2.19 bits per heavy atom. The summed E-state index contributed by atoms with van der Waals surface area (Å²) in [5, 5.41) is 6.61. The zero-order valence-electron chi connectivity index (χ0n) is 18.9. The Hall–Kier alpha value is -2.49. The number of hydrogen-bond donors (Lipinski definition) is 2. The summed E-state index contributed by atoms with van der Waals surface area (Å²) in [6.07, 6.45) is 0.826. The first-order valence-electron chi connectivity index (χ1n) is 10.0. The van der Waals surface area contributed by atoms with Gasteiger partial charge in [-0.25, -0.2) is 4.99 Å². The van der Waals surface area contributed by atoms with E-state index in [-0.39, 0.29) is 29.9 Å². The number of amides is 1. The third kappa shape index (κ3) is 8.28. The normalized spacial score (nSPS) is 10.7. The number of carbonyl (C=O) groups is 1. The molecular formula is C23H33IN4O3. The fourth-order valence-electron chi connectivity index (χ4n) is 2.88. The Kier molecular flexibility index (Phi) is 11.8. The summed E-state index contributed by atoms with van der Waals surface area (Å²) in [7, 11) is 6.76. The van der Waals surface area contributed by atoms with Gasteiger partial charge in [0.2, 0.25) is 0 Å². The predicted molar refractivity (Wildman–Crippen MR) is 136 cm³/mol. The van der Waals surface area contributed by atoms with E-state index >= 15 is 0 Å². The average Bonchev–Trinajstić information content (AvgIpc) is 2.77. The van der Waals surface area contributed by atoms with Crippen LogP contribution in [0.5, 0.6) is 11.5 Å². The maximum absolute atomic E-state index is 12.0. The van der Waals surface area contributed by atoms with Crippen LogP contribution in [0.15, 0.2) is 47.5 Å². The van der Waals surface area contributed by atoms with Crippen LogP contribution in [0.25, 0.3) is 0 Å². The van der Waals surface area contributed by atoms with E-state index in [1.807, 2.05) is 49.4 Å². The fraction of sp³-hybridized carbons (Fsp3) is 0.391. The Balaban J connectivity index is 0.00000480. The van der Waals surface area contributed by atoms with Crippen molar-refractivity contribution in [1.82, 2.24) is 15.5 Å². The van der Waals surface area contributed by atoms with Crippen LogP contribution >= 0.6 is 24.0 Å². The highest BCUT2D eigenvalue weighted by Gasteiger charge is 2.07. The number of rotatable bonds is 9. The van der Waals surface area contributed by atoms with Crippen LogP contribution in [0.2, 0.25) is 0 Å². The lowest BCUT2D eigenvalue weighted by atomic mass is 10.1. The quantitative estimate of drug-likeness (QED) is 0.290. The molecule has 2 rings (SSSR count). The number of benzene rings is 2. The van der Waals surface area contributed by atoms with Crippen LogP contribution in [-0.4, -0.2) is 58.2 Å². The van der Waals surface area contributed by atoms with Crippen molar-refractivity contribution in [2.45, 2.75) is 19.9 Å². The van der Waals surface area contributed by atoms with Crippen molar-refractivity contribution < 1.29 is 14.3 Å². The second-order valence-electron chi connectivity index (χ2n) is 6.96. The van der Waals surface area contributed by atoms with E-state index in [4.69, 9.17) is 9.47 Å². The molecule has 0 bridgehead atoms. The molecule has 2 aromatic carbocycles. The number of ether oxygens (including phenoxy) is 2. The van der Waals surface area contributed by atoms with Gasteiger partial charge in [0.05, 0.1) is 20.8 Å². The van der Waals surface area contributed by atoms with Gasteiger partial charge in [-0.05, 0) is 48.7 Å². The highest BCUT2D eigenvalue weighted by molar-refractivity contribution is 14.0. The Morgan fingerprint density at radius 1 is 0.968 bits per heavy atom. The summed E-state index contributed by atoms with van der Waals surface area (Å²) in [5.74, 6) is 2.20. The van der Waals surface area contributed by atoms with Gasteiger partial charge in [-0.15, -0.1) is 24.0 Å². The number of guanidine groups is 1. The highest BCUT2D eigenvalue weighted by atomic mass is 127. The predicted octanol–water partition coefficient (Wildman–Crippen LogP) is 3.32. The second-order valence-corrected chi connectivity index (χ2v) is 6.96. The molecule has 31 heavy (non-hydrogen) atoms. The summed E-state index contributed by atoms with van der Waals surface area (Å²) in [4.78, 5) is 18.2. The molecule has 0 aliphatic carbocycles. The maximum atomic E-state index is 12.0. The summed E-state index contributed by atoms with van der Waals surface area (Å²) in [5.41, 5.74) is 2.87. The number of nitrogens with zero attached hydrogens (tertiary/aromatic N) is 2. The molecule has 0 radical (unpaired) electrons. The highest BCUT2D eigenvalue weighted by Crippen LogP contribution is 2.27. The van der Waals surface area contributed by atoms with E-state index in [9.17, 15) is 4.79 Å². The number of nitrogens with one attached hydrogen (secondary N) is 2. The lowest BCUT2D eigenvalue weighted by Crippen LogP contribution is -2.38. The number of carbonyl (C=O) groups excluding carboxylic acids is 1. The SMILES string of the molecule is CCNC(=NCc1ccc(C(=O)N(C)C)cc1)NCCc1ccc(OC)c(OC)c1.I. The Bertz CT molecular complexity index is 854. The monoisotopic (exact) mass is 540 g/mol. The van der Waals surface area contributed by atoms with E-state index < -0.39 is 0 Å². The van der Waals surface area contributed by atoms with E-state index in [0.717, 1.165) is 48.1 Å². The number of methoxy groups -OCH3 is 2. The largest absolute Gasteiger partial charge is 0.493 e. The molecule has 2 N–H and O–H groups in total. The summed E-state index contributed by atoms with van der Waals surface area (Å²) in [6, 6.07) is 13.5. The third-order valence-corrected chi connectivity index (χ3v) is 4.53. The van der Waals surface area contributed by atoms with Crippen LogP contribution in [0.4, 0.5) is 0 Å². The lowest BCUT2D eigenvalue weighted by molar-refractivity contribution is 0.0827. The standard InChI is InChI=1S/C23H32N4O3.HI/c1-6-24-23(25-14-13-17-9-12-20(29-4)21(15-17)30-5)26-16-18-7-10-19(11-8-18)22(28)27(2)3;/h7-12,15H,6,13-14,16H2,1-5H3,(H2,24,25,26);1H. The second kappa shape index (κ2) is 13.7. The average molecular weight is 540 g/mol. The molecule has 7 nitrogen and oxygen atoms in total. The molecule has 0 atom stereocenters. The zero-order chi connectivity index (χ0) is 21.9. The topological polar surface area (TPSA) is 75.2 Å². The van der Waals surface area contributed by atoms with Crippen molar-refractivity contribution in [2.75, 3.05) is 41.4 Å². The van der Waals surface area contributed by atoms with E-state index in [1.165, 1.54) is 0 Å². The zero-order valence-corrected chi connectivity index (χ0v) is 21.2. The first-order chi connectivity index (χ1) is 14.5. The van der Waals surface area contributed by atoms with Gasteiger partial charge in [0, 0.05) is 32.7 Å². The van der Waals surface area contributed by atoms with Crippen LogP contribution in [-0.2, 0) is 13.0 Å². The molecule has 0 aliphatic heterocycles. The van der Waals surface area contributed by atoms with Gasteiger partial charge in [-0.1, -0.05) is 18.2 Å². The number of hydrogen-bond acceptors (Lipinski definition) is 4. The molecule has 0 heterocycles. The number of halogens is 1. The fourth-order valence-corrected chi connectivity index (χ4v) is 2.88. The van der Waals surface area contributed by atoms with Gasteiger partial charge in [0.1, 0.15) is 0 Å². The van der Waals surface area contributed by atoms with Crippen molar-refractivity contribution in [2.24, 2.45) is 4.99 Å². The minimum absolute atomic E-state index is 0. The molecule has 0 spiro atoms. The lowest BCUT2D eigenvalue weighted by Gasteiger charge is -2.13. The summed E-state index contributed by atoms with van der Waals surface area (Å²) in [6.45, 7) is 4.07. The Labute approximate surface area is 202 Å². The molecule has 0 saturated carbocycles. The van der Waals surface area contributed by atoms with Gasteiger partial charge in [-0.2, -0.15) is 0 Å². The van der Waals surface area contributed by atoms with Crippen LogP contribution in [0, 0.1) is 0 Å². The van der Waals surface area contributed by atoms with Crippen LogP contribution in [0.1, 0.15) is 28.4 Å². The van der Waals surface area contributed by atoms with Crippen molar-refractivity contribution in [3.05, 3.63) is 59.2 Å². The van der Waals surface area contributed by atoms with Gasteiger partial charge in [0.25, 0.3) is 5.91 Å². The molecule has 0 aromatic heterocycles. The molecule has 170 valence electrons. The molecule has 0 aliphatic rings. The maximum Gasteiger partial charge on any atom is 0.253 e. The van der Waals surface area contributed by atoms with Gasteiger partial charge < -0.3 is 25.0 Å². The van der Waals surface area contributed by atoms with E-state index in [0.29, 0.717) is 12.1 Å². The van der Waals surface area contributed by atoms with Crippen LogP contribution < -0.4 is 20.1 Å². The summed E-state index contributed by atoms with van der Waals surface area (Å²) < 4.78 is 10.6. The smallest absolute Gasteiger partial charge is 0.253 e. The third-order valence-electron chi connectivity index (χ3n) is 4.53. The molecule has 0 saturated heterocycles. The van der Waals surface area contributed by atoms with Crippen molar-refractivity contribution in [3.63, 3.8) is 0 Å².